The number of alkyl halides is 1. The smallest absolute Gasteiger partial charge is 0.207 e. The zero-order valence-electron chi connectivity index (χ0n) is 9.92. The summed E-state index contributed by atoms with van der Waals surface area (Å²) in [5, 5.41) is 0.353. The molecule has 0 aliphatic heterocycles. The monoisotopic (exact) mass is 323 g/mol. The van der Waals surface area contributed by atoms with Crippen molar-refractivity contribution in [1.29, 1.82) is 0 Å². The fourth-order valence-electron chi connectivity index (χ4n) is 1.27. The molecule has 0 heterocycles. The first-order valence-corrected chi connectivity index (χ1v) is 7.64. The van der Waals surface area contributed by atoms with Gasteiger partial charge in [0.05, 0.1) is 4.90 Å². The summed E-state index contributed by atoms with van der Waals surface area (Å²) in [7, 11) is -3.67. The highest BCUT2D eigenvalue weighted by Crippen LogP contribution is 2.18. The molecular formula is C11H15BrFNO2S. The average Bonchev–Trinajstić information content (AvgIpc) is 2.13. The Kier molecular flexibility index (Phi) is 4.33. The molecule has 0 fully saturated rings. The SMILES string of the molecule is CC(C)(C)NS(=O)(=O)c1ccc(CBr)c(F)c1. The molecule has 0 amide bonds. The Labute approximate surface area is 110 Å². The molecule has 1 aromatic rings. The lowest BCUT2D eigenvalue weighted by Crippen LogP contribution is -2.40. The molecule has 0 saturated carbocycles. The molecule has 0 radical (unpaired) electrons. The van der Waals surface area contributed by atoms with Gasteiger partial charge in [-0.25, -0.2) is 17.5 Å². The number of sulfonamides is 1. The second-order valence-corrected chi connectivity index (χ2v) is 6.99. The van der Waals surface area contributed by atoms with Crippen LogP contribution in [0.3, 0.4) is 0 Å². The van der Waals surface area contributed by atoms with E-state index in [-0.39, 0.29) is 4.90 Å². The van der Waals surface area contributed by atoms with Crippen molar-refractivity contribution in [2.75, 3.05) is 0 Å². The van der Waals surface area contributed by atoms with E-state index >= 15 is 0 Å². The zero-order chi connectivity index (χ0) is 13.3. The van der Waals surface area contributed by atoms with Gasteiger partial charge in [0.25, 0.3) is 0 Å². The zero-order valence-corrected chi connectivity index (χ0v) is 12.3. The molecule has 0 saturated heterocycles. The molecule has 0 bridgehead atoms. The second-order valence-electron chi connectivity index (χ2n) is 4.74. The molecule has 96 valence electrons. The number of hydrogen-bond acceptors (Lipinski definition) is 2. The van der Waals surface area contributed by atoms with Crippen LogP contribution in [-0.2, 0) is 15.4 Å². The lowest BCUT2D eigenvalue weighted by molar-refractivity contribution is 0.490. The van der Waals surface area contributed by atoms with Crippen LogP contribution in [0.25, 0.3) is 0 Å². The summed E-state index contributed by atoms with van der Waals surface area (Å²) < 4.78 is 39.8. The Hall–Kier alpha value is -0.460. The highest BCUT2D eigenvalue weighted by atomic mass is 79.9. The van der Waals surface area contributed by atoms with Crippen LogP contribution in [-0.4, -0.2) is 14.0 Å². The van der Waals surface area contributed by atoms with Crippen LogP contribution in [0.4, 0.5) is 4.39 Å². The van der Waals surface area contributed by atoms with Crippen LogP contribution < -0.4 is 4.72 Å². The summed E-state index contributed by atoms with van der Waals surface area (Å²) in [5.41, 5.74) is -0.164. The van der Waals surface area contributed by atoms with Crippen molar-refractivity contribution in [3.63, 3.8) is 0 Å². The van der Waals surface area contributed by atoms with Gasteiger partial charge in [-0.1, -0.05) is 22.0 Å². The van der Waals surface area contributed by atoms with Crippen molar-refractivity contribution in [2.24, 2.45) is 0 Å². The Morgan fingerprint density at radius 1 is 1.35 bits per heavy atom. The van der Waals surface area contributed by atoms with Crippen LogP contribution >= 0.6 is 15.9 Å². The molecular weight excluding hydrogens is 309 g/mol. The van der Waals surface area contributed by atoms with E-state index in [1.54, 1.807) is 20.8 Å². The number of benzene rings is 1. The minimum Gasteiger partial charge on any atom is -0.207 e. The molecule has 3 nitrogen and oxygen atoms in total. The van der Waals surface area contributed by atoms with Crippen LogP contribution in [0.5, 0.6) is 0 Å². The van der Waals surface area contributed by atoms with Crippen molar-refractivity contribution < 1.29 is 12.8 Å². The van der Waals surface area contributed by atoms with Crippen molar-refractivity contribution in [1.82, 2.24) is 4.72 Å². The van der Waals surface area contributed by atoms with Crippen molar-refractivity contribution in [3.8, 4) is 0 Å². The normalized spacial score (nSPS) is 12.8. The molecule has 1 aromatic carbocycles. The predicted molar refractivity (Wildman–Crippen MR) is 69.1 cm³/mol. The Morgan fingerprint density at radius 2 is 1.94 bits per heavy atom. The van der Waals surface area contributed by atoms with Crippen molar-refractivity contribution in [3.05, 3.63) is 29.6 Å². The van der Waals surface area contributed by atoms with Gasteiger partial charge >= 0.3 is 0 Å². The Morgan fingerprint density at radius 3 is 2.35 bits per heavy atom. The standard InChI is InChI=1S/C11H15BrFNO2S/c1-11(2,3)14-17(15,16)9-5-4-8(7-12)10(13)6-9/h4-6,14H,7H2,1-3H3. The molecule has 0 aliphatic rings. The first-order valence-electron chi connectivity index (χ1n) is 5.04. The quantitative estimate of drug-likeness (QED) is 0.869. The van der Waals surface area contributed by atoms with E-state index in [0.717, 1.165) is 6.07 Å². The van der Waals surface area contributed by atoms with Gasteiger partial charge < -0.3 is 0 Å². The fourth-order valence-corrected chi connectivity index (χ4v) is 3.15. The summed E-state index contributed by atoms with van der Waals surface area (Å²) in [4.78, 5) is -0.0605. The van der Waals surface area contributed by atoms with E-state index in [2.05, 4.69) is 20.7 Å². The topological polar surface area (TPSA) is 46.2 Å². The minimum atomic E-state index is -3.67. The van der Waals surface area contributed by atoms with E-state index in [4.69, 9.17) is 0 Å². The summed E-state index contributed by atoms with van der Waals surface area (Å²) in [5.74, 6) is -0.529. The second kappa shape index (κ2) is 5.04. The third-order valence-electron chi connectivity index (χ3n) is 1.92. The van der Waals surface area contributed by atoms with Crippen LogP contribution in [0.1, 0.15) is 26.3 Å². The molecule has 0 aromatic heterocycles. The van der Waals surface area contributed by atoms with Gasteiger partial charge in [0.2, 0.25) is 10.0 Å². The van der Waals surface area contributed by atoms with E-state index in [1.807, 2.05) is 0 Å². The first kappa shape index (κ1) is 14.6. The predicted octanol–water partition coefficient (Wildman–Crippen LogP) is 2.80. The van der Waals surface area contributed by atoms with Gasteiger partial charge in [-0.15, -0.1) is 0 Å². The third kappa shape index (κ3) is 4.04. The van der Waals surface area contributed by atoms with Gasteiger partial charge in [-0.2, -0.15) is 0 Å². The third-order valence-corrected chi connectivity index (χ3v) is 4.28. The van der Waals surface area contributed by atoms with Crippen LogP contribution in [0.15, 0.2) is 23.1 Å². The van der Waals surface area contributed by atoms with E-state index in [0.29, 0.717) is 10.9 Å². The molecule has 0 spiro atoms. The lowest BCUT2D eigenvalue weighted by Gasteiger charge is -2.20. The Balaban J connectivity index is 3.13. The molecule has 1 rings (SSSR count). The summed E-state index contributed by atoms with van der Waals surface area (Å²) in [6.45, 7) is 5.19. The van der Waals surface area contributed by atoms with Crippen molar-refractivity contribution >= 4 is 26.0 Å². The first-order chi connectivity index (χ1) is 7.65. The maximum atomic E-state index is 13.5. The molecule has 17 heavy (non-hydrogen) atoms. The molecule has 0 atom stereocenters. The highest BCUT2D eigenvalue weighted by Gasteiger charge is 2.22. The maximum absolute atomic E-state index is 13.5. The van der Waals surface area contributed by atoms with Crippen LogP contribution in [0.2, 0.25) is 0 Å². The highest BCUT2D eigenvalue weighted by molar-refractivity contribution is 9.08. The molecule has 6 heteroatoms. The van der Waals surface area contributed by atoms with E-state index in [1.165, 1.54) is 12.1 Å². The molecule has 0 aliphatic carbocycles. The number of hydrogen-bond donors (Lipinski definition) is 1. The average molecular weight is 324 g/mol. The van der Waals surface area contributed by atoms with Crippen molar-refractivity contribution in [2.45, 2.75) is 36.5 Å². The van der Waals surface area contributed by atoms with E-state index in [9.17, 15) is 12.8 Å². The summed E-state index contributed by atoms with van der Waals surface area (Å²) >= 11 is 3.13. The summed E-state index contributed by atoms with van der Waals surface area (Å²) in [6, 6.07) is 3.89. The largest absolute Gasteiger partial charge is 0.241 e. The van der Waals surface area contributed by atoms with Gasteiger partial charge in [0.15, 0.2) is 0 Å². The number of rotatable bonds is 3. The molecule has 0 unspecified atom stereocenters. The lowest BCUT2D eigenvalue weighted by atomic mass is 10.1. The van der Waals surface area contributed by atoms with Gasteiger partial charge in [0, 0.05) is 10.9 Å². The number of nitrogens with one attached hydrogen (secondary N) is 1. The molecule has 1 N–H and O–H groups in total. The van der Waals surface area contributed by atoms with Gasteiger partial charge in [-0.3, -0.25) is 0 Å². The van der Waals surface area contributed by atoms with Gasteiger partial charge in [-0.05, 0) is 38.5 Å². The summed E-state index contributed by atoms with van der Waals surface area (Å²) in [6.07, 6.45) is 0. The minimum absolute atomic E-state index is 0.0605. The number of halogens is 2. The van der Waals surface area contributed by atoms with Crippen LogP contribution in [0, 0.1) is 5.82 Å². The van der Waals surface area contributed by atoms with Gasteiger partial charge in [0.1, 0.15) is 5.82 Å². The maximum Gasteiger partial charge on any atom is 0.241 e. The van der Waals surface area contributed by atoms with E-state index < -0.39 is 21.4 Å². The Bertz CT molecular complexity index is 509. The fraction of sp³-hybridized carbons (Fsp3) is 0.455.